The molecule has 6 heteroatoms. The summed E-state index contributed by atoms with van der Waals surface area (Å²) in [5.41, 5.74) is 1.26. The Morgan fingerprint density at radius 1 is 1.10 bits per heavy atom. The van der Waals surface area contributed by atoms with Gasteiger partial charge in [-0.25, -0.2) is 4.98 Å². The van der Waals surface area contributed by atoms with Crippen LogP contribution in [0.25, 0.3) is 22.8 Å². The summed E-state index contributed by atoms with van der Waals surface area (Å²) >= 11 is 6.60. The van der Waals surface area contributed by atoms with E-state index in [1.165, 1.54) is 6.07 Å². The second kappa shape index (κ2) is 5.38. The molecule has 0 atom stereocenters. The molecule has 3 rings (SSSR count). The molecule has 100 valence electrons. The summed E-state index contributed by atoms with van der Waals surface area (Å²) in [6.45, 7) is 0. The SMILES string of the molecule is O=c1cc(-c2ccccc2)nc(-c2cc(Br)c(Br)o2)[nH]1. The highest BCUT2D eigenvalue weighted by Crippen LogP contribution is 2.31. The molecule has 0 aliphatic heterocycles. The van der Waals surface area contributed by atoms with E-state index in [0.717, 1.165) is 10.0 Å². The van der Waals surface area contributed by atoms with Crippen LogP contribution in [-0.2, 0) is 0 Å². The molecule has 0 unspecified atom stereocenters. The minimum atomic E-state index is -0.225. The first kappa shape index (κ1) is 13.3. The fourth-order valence-corrected chi connectivity index (χ4v) is 2.37. The second-order valence-corrected chi connectivity index (χ2v) is 5.65. The first-order valence-corrected chi connectivity index (χ1v) is 7.34. The molecule has 2 aromatic heterocycles. The number of aromatic nitrogens is 2. The van der Waals surface area contributed by atoms with Crippen molar-refractivity contribution in [3.8, 4) is 22.8 Å². The maximum absolute atomic E-state index is 11.8. The van der Waals surface area contributed by atoms with Gasteiger partial charge in [0.05, 0.1) is 10.2 Å². The van der Waals surface area contributed by atoms with Gasteiger partial charge in [0.15, 0.2) is 16.3 Å². The van der Waals surface area contributed by atoms with E-state index < -0.39 is 0 Å². The van der Waals surface area contributed by atoms with Crippen LogP contribution in [0, 0.1) is 0 Å². The zero-order valence-corrected chi connectivity index (χ0v) is 13.2. The molecular formula is C14H8Br2N2O2. The molecule has 20 heavy (non-hydrogen) atoms. The van der Waals surface area contributed by atoms with Gasteiger partial charge in [0.1, 0.15) is 0 Å². The lowest BCUT2D eigenvalue weighted by Crippen LogP contribution is -2.08. The van der Waals surface area contributed by atoms with Crippen LogP contribution in [0.15, 0.2) is 60.8 Å². The first-order chi connectivity index (χ1) is 9.63. The summed E-state index contributed by atoms with van der Waals surface area (Å²) < 4.78 is 6.80. The van der Waals surface area contributed by atoms with Gasteiger partial charge in [-0.15, -0.1) is 0 Å². The van der Waals surface area contributed by atoms with Crippen LogP contribution in [0.4, 0.5) is 0 Å². The van der Waals surface area contributed by atoms with Crippen molar-refractivity contribution in [3.05, 3.63) is 62.0 Å². The van der Waals surface area contributed by atoms with Crippen molar-refractivity contribution in [2.24, 2.45) is 0 Å². The Labute approximate surface area is 131 Å². The topological polar surface area (TPSA) is 58.9 Å². The van der Waals surface area contributed by atoms with E-state index in [-0.39, 0.29) is 5.56 Å². The lowest BCUT2D eigenvalue weighted by Gasteiger charge is -2.02. The Kier molecular flexibility index (Phi) is 3.58. The van der Waals surface area contributed by atoms with Gasteiger partial charge in [0, 0.05) is 17.7 Å². The summed E-state index contributed by atoms with van der Waals surface area (Å²) in [6, 6.07) is 12.7. The third kappa shape index (κ3) is 2.62. The number of furan rings is 1. The molecule has 0 saturated carbocycles. The molecule has 0 bridgehead atoms. The second-order valence-electron chi connectivity index (χ2n) is 4.08. The Morgan fingerprint density at radius 3 is 2.50 bits per heavy atom. The number of benzene rings is 1. The van der Waals surface area contributed by atoms with Crippen molar-refractivity contribution in [2.75, 3.05) is 0 Å². The standard InChI is InChI=1S/C14H8Br2N2O2/c15-9-6-11(20-13(9)16)14-17-10(7-12(19)18-14)8-4-2-1-3-5-8/h1-7H,(H,17,18,19). The average molecular weight is 396 g/mol. The molecule has 0 saturated heterocycles. The van der Waals surface area contributed by atoms with Crippen LogP contribution in [0.1, 0.15) is 0 Å². The lowest BCUT2D eigenvalue weighted by molar-refractivity contribution is 0.549. The summed E-state index contributed by atoms with van der Waals surface area (Å²) in [4.78, 5) is 18.9. The predicted octanol–water partition coefficient (Wildman–Crippen LogP) is 4.22. The Bertz CT molecular complexity index is 790. The van der Waals surface area contributed by atoms with Crippen molar-refractivity contribution >= 4 is 31.9 Å². The average Bonchev–Trinajstić information content (AvgIpc) is 2.79. The van der Waals surface area contributed by atoms with E-state index in [1.54, 1.807) is 6.07 Å². The minimum Gasteiger partial charge on any atom is -0.445 e. The van der Waals surface area contributed by atoms with Crippen molar-refractivity contribution in [2.45, 2.75) is 0 Å². The molecule has 4 nitrogen and oxygen atoms in total. The number of rotatable bonds is 2. The molecule has 0 radical (unpaired) electrons. The van der Waals surface area contributed by atoms with Crippen molar-refractivity contribution < 1.29 is 4.42 Å². The van der Waals surface area contributed by atoms with Gasteiger partial charge in [-0.05, 0) is 31.9 Å². The van der Waals surface area contributed by atoms with Crippen LogP contribution in [0.2, 0.25) is 0 Å². The predicted molar refractivity (Wildman–Crippen MR) is 83.4 cm³/mol. The van der Waals surface area contributed by atoms with Gasteiger partial charge in [0.25, 0.3) is 5.56 Å². The maximum atomic E-state index is 11.8. The number of nitrogens with zero attached hydrogens (tertiary/aromatic N) is 1. The number of halogens is 2. The quantitative estimate of drug-likeness (QED) is 0.706. The minimum absolute atomic E-state index is 0.225. The van der Waals surface area contributed by atoms with Crippen LogP contribution in [0.5, 0.6) is 0 Å². The monoisotopic (exact) mass is 394 g/mol. The molecule has 0 amide bonds. The molecule has 0 aliphatic rings. The summed E-state index contributed by atoms with van der Waals surface area (Å²) in [5, 5.41) is 0. The van der Waals surface area contributed by atoms with Crippen molar-refractivity contribution in [1.82, 2.24) is 9.97 Å². The highest BCUT2D eigenvalue weighted by atomic mass is 79.9. The third-order valence-corrected chi connectivity index (χ3v) is 4.40. The van der Waals surface area contributed by atoms with E-state index in [4.69, 9.17) is 4.42 Å². The molecule has 0 aliphatic carbocycles. The highest BCUT2D eigenvalue weighted by Gasteiger charge is 2.12. The number of H-pyrrole nitrogens is 1. The molecular weight excluding hydrogens is 388 g/mol. The van der Waals surface area contributed by atoms with Crippen LogP contribution in [0.3, 0.4) is 0 Å². The van der Waals surface area contributed by atoms with Gasteiger partial charge in [-0.3, -0.25) is 4.79 Å². The first-order valence-electron chi connectivity index (χ1n) is 5.75. The molecule has 1 N–H and O–H groups in total. The smallest absolute Gasteiger partial charge is 0.251 e. The summed E-state index contributed by atoms with van der Waals surface area (Å²) in [5.74, 6) is 0.876. The summed E-state index contributed by atoms with van der Waals surface area (Å²) in [6.07, 6.45) is 0. The highest BCUT2D eigenvalue weighted by molar-refractivity contribution is 9.13. The molecule has 3 aromatic rings. The normalized spacial score (nSPS) is 10.7. The van der Waals surface area contributed by atoms with E-state index in [0.29, 0.717) is 21.9 Å². The van der Waals surface area contributed by atoms with Gasteiger partial charge in [-0.1, -0.05) is 30.3 Å². The fraction of sp³-hybridized carbons (Fsp3) is 0. The number of hydrogen-bond acceptors (Lipinski definition) is 3. The van der Waals surface area contributed by atoms with Gasteiger partial charge in [0.2, 0.25) is 0 Å². The zero-order chi connectivity index (χ0) is 14.1. The largest absolute Gasteiger partial charge is 0.445 e. The van der Waals surface area contributed by atoms with Crippen LogP contribution >= 0.6 is 31.9 Å². The molecule has 0 fully saturated rings. The lowest BCUT2D eigenvalue weighted by atomic mass is 10.1. The van der Waals surface area contributed by atoms with Crippen molar-refractivity contribution in [1.29, 1.82) is 0 Å². The fourth-order valence-electron chi connectivity index (χ4n) is 1.79. The Balaban J connectivity index is 2.14. The molecule has 0 spiro atoms. The third-order valence-electron chi connectivity index (χ3n) is 2.69. The molecule has 1 aromatic carbocycles. The van der Waals surface area contributed by atoms with Crippen LogP contribution < -0.4 is 5.56 Å². The van der Waals surface area contributed by atoms with Gasteiger partial charge in [-0.2, -0.15) is 0 Å². The number of hydrogen-bond donors (Lipinski definition) is 1. The maximum Gasteiger partial charge on any atom is 0.251 e. The van der Waals surface area contributed by atoms with Crippen molar-refractivity contribution in [3.63, 3.8) is 0 Å². The van der Waals surface area contributed by atoms with E-state index in [2.05, 4.69) is 41.8 Å². The van der Waals surface area contributed by atoms with E-state index in [9.17, 15) is 4.79 Å². The zero-order valence-electron chi connectivity index (χ0n) is 10.1. The van der Waals surface area contributed by atoms with Crippen LogP contribution in [-0.4, -0.2) is 9.97 Å². The Morgan fingerprint density at radius 2 is 1.85 bits per heavy atom. The van der Waals surface area contributed by atoms with E-state index >= 15 is 0 Å². The number of aromatic amines is 1. The Hall–Kier alpha value is -1.66. The van der Waals surface area contributed by atoms with Gasteiger partial charge < -0.3 is 9.40 Å². The van der Waals surface area contributed by atoms with E-state index in [1.807, 2.05) is 30.3 Å². The van der Waals surface area contributed by atoms with Gasteiger partial charge >= 0.3 is 0 Å². The molecule has 2 heterocycles. The number of nitrogens with one attached hydrogen (secondary N) is 1. The summed E-state index contributed by atoms with van der Waals surface area (Å²) in [7, 11) is 0.